The van der Waals surface area contributed by atoms with Crippen molar-refractivity contribution in [3.8, 4) is 5.75 Å². The standard InChI is InChI=1S/C28H39ClN3O5P/c1-6-10-21(19-14-17(4)25(20(29)15-19)37-13-7-2)30-18(5)27(35)32-12-9-11-23(32)26(34)31-22-16-24(33)38-28(22)36-8-3/h7,10,14-15,18,22-23,28,30,38H,2,6,8-9,11-13,16H2,1,3-5H3,(H,31,34)/b21-10+. The summed E-state index contributed by atoms with van der Waals surface area (Å²) in [5.41, 5.74) is 2.63. The average molecular weight is 564 g/mol. The van der Waals surface area contributed by atoms with Gasteiger partial charge in [-0.3, -0.25) is 14.4 Å². The van der Waals surface area contributed by atoms with Crippen LogP contribution in [0.4, 0.5) is 0 Å². The van der Waals surface area contributed by atoms with Crippen LogP contribution >= 0.6 is 20.2 Å². The Bertz CT molecular complexity index is 1060. The molecule has 2 amide bonds. The predicted octanol–water partition coefficient (Wildman–Crippen LogP) is 4.39. The van der Waals surface area contributed by atoms with Gasteiger partial charge in [-0.2, -0.15) is 0 Å². The maximum absolute atomic E-state index is 13.5. The topological polar surface area (TPSA) is 97.0 Å². The van der Waals surface area contributed by atoms with Crippen molar-refractivity contribution in [2.45, 2.75) is 77.3 Å². The first kappa shape index (κ1) is 30.1. The monoisotopic (exact) mass is 563 g/mol. The van der Waals surface area contributed by atoms with E-state index < -0.39 is 12.1 Å². The molecule has 2 aliphatic rings. The van der Waals surface area contributed by atoms with Gasteiger partial charge in [0.25, 0.3) is 0 Å². The van der Waals surface area contributed by atoms with E-state index in [1.165, 1.54) is 0 Å². The number of carbonyl (C=O) groups is 3. The quantitative estimate of drug-likeness (QED) is 0.289. The highest BCUT2D eigenvalue weighted by Gasteiger charge is 2.40. The lowest BCUT2D eigenvalue weighted by molar-refractivity contribution is -0.140. The number of ether oxygens (including phenoxy) is 2. The Morgan fingerprint density at radius 3 is 2.76 bits per heavy atom. The van der Waals surface area contributed by atoms with Crippen molar-refractivity contribution in [1.82, 2.24) is 15.5 Å². The first-order valence-electron chi connectivity index (χ1n) is 13.2. The number of carbonyl (C=O) groups excluding carboxylic acids is 3. The van der Waals surface area contributed by atoms with E-state index in [2.05, 4.69) is 17.2 Å². The van der Waals surface area contributed by atoms with Gasteiger partial charge in [-0.25, -0.2) is 0 Å². The normalized spacial score (nSPS) is 23.0. The van der Waals surface area contributed by atoms with Crippen LogP contribution in [0.15, 0.2) is 30.9 Å². The second kappa shape index (κ2) is 14.1. The number of hydrogen-bond donors (Lipinski definition) is 2. The first-order valence-corrected chi connectivity index (χ1v) is 14.7. The second-order valence-corrected chi connectivity index (χ2v) is 11.4. The maximum Gasteiger partial charge on any atom is 0.245 e. The molecule has 0 aliphatic carbocycles. The summed E-state index contributed by atoms with van der Waals surface area (Å²) in [6.45, 7) is 12.7. The Morgan fingerprint density at radius 1 is 1.34 bits per heavy atom. The zero-order valence-corrected chi connectivity index (χ0v) is 24.4. The number of halogens is 1. The molecule has 3 rings (SSSR count). The summed E-state index contributed by atoms with van der Waals surface area (Å²) in [7, 11) is 0.0412. The van der Waals surface area contributed by atoms with Gasteiger partial charge >= 0.3 is 0 Å². The average Bonchev–Trinajstić information content (AvgIpc) is 3.49. The fraction of sp³-hybridized carbons (Fsp3) is 0.536. The van der Waals surface area contributed by atoms with Crippen molar-refractivity contribution in [1.29, 1.82) is 0 Å². The van der Waals surface area contributed by atoms with E-state index in [-0.39, 0.29) is 44.2 Å². The molecule has 2 N–H and O–H groups in total. The third-order valence-electron chi connectivity index (χ3n) is 6.62. The molecule has 0 aromatic heterocycles. The van der Waals surface area contributed by atoms with Crippen LogP contribution in [0.2, 0.25) is 5.02 Å². The van der Waals surface area contributed by atoms with E-state index in [1.807, 2.05) is 39.0 Å². The van der Waals surface area contributed by atoms with Gasteiger partial charge in [-0.15, -0.1) is 0 Å². The Balaban J connectivity index is 1.70. The molecule has 2 saturated heterocycles. The summed E-state index contributed by atoms with van der Waals surface area (Å²) in [4.78, 5) is 40.3. The van der Waals surface area contributed by atoms with E-state index in [0.717, 1.165) is 29.7 Å². The van der Waals surface area contributed by atoms with E-state index in [0.29, 0.717) is 37.0 Å². The number of rotatable bonds is 12. The Hall–Kier alpha value is -2.41. The van der Waals surface area contributed by atoms with Crippen LogP contribution in [0.5, 0.6) is 5.75 Å². The van der Waals surface area contributed by atoms with Crippen LogP contribution in [0, 0.1) is 6.92 Å². The molecule has 0 spiro atoms. The minimum absolute atomic E-state index is 0.0412. The number of allylic oxidation sites excluding steroid dienone is 1. The number of aryl methyl sites for hydroxylation is 1. The molecule has 0 saturated carbocycles. The molecule has 1 aromatic rings. The lowest BCUT2D eigenvalue weighted by Crippen LogP contribution is -2.53. The molecule has 2 heterocycles. The van der Waals surface area contributed by atoms with Gasteiger partial charge in [0.05, 0.1) is 11.1 Å². The summed E-state index contributed by atoms with van der Waals surface area (Å²) in [6.07, 6.45) is 6.04. The fourth-order valence-electron chi connectivity index (χ4n) is 4.89. The Kier molecular flexibility index (Phi) is 11.2. The summed E-state index contributed by atoms with van der Waals surface area (Å²) in [5.74, 6) is -0.0475. The smallest absolute Gasteiger partial charge is 0.245 e. The number of likely N-dealkylation sites (tertiary alicyclic amines) is 1. The summed E-state index contributed by atoms with van der Waals surface area (Å²) >= 11 is 6.52. The van der Waals surface area contributed by atoms with Crippen molar-refractivity contribution >= 4 is 43.2 Å². The molecule has 1 aromatic carbocycles. The highest BCUT2D eigenvalue weighted by molar-refractivity contribution is 7.59. The van der Waals surface area contributed by atoms with Gasteiger partial charge in [-0.1, -0.05) is 37.3 Å². The van der Waals surface area contributed by atoms with E-state index in [4.69, 9.17) is 21.1 Å². The molecule has 2 fully saturated rings. The van der Waals surface area contributed by atoms with Crippen molar-refractivity contribution < 1.29 is 23.9 Å². The molecular formula is C28H39ClN3O5P. The van der Waals surface area contributed by atoms with E-state index >= 15 is 0 Å². The summed E-state index contributed by atoms with van der Waals surface area (Å²) < 4.78 is 11.4. The maximum atomic E-state index is 13.5. The molecule has 38 heavy (non-hydrogen) atoms. The SMILES string of the molecule is C=CCOc1c(C)cc(/C(=C\CC)NC(C)C(=O)N2CCCC2C(=O)NC2CC(=O)PC2OCC)cc1Cl. The van der Waals surface area contributed by atoms with Crippen molar-refractivity contribution in [2.24, 2.45) is 0 Å². The minimum Gasteiger partial charge on any atom is -0.488 e. The van der Waals surface area contributed by atoms with Gasteiger partial charge in [0.2, 0.25) is 11.8 Å². The molecule has 0 bridgehead atoms. The number of benzene rings is 1. The van der Waals surface area contributed by atoms with Crippen molar-refractivity contribution in [3.63, 3.8) is 0 Å². The minimum atomic E-state index is -0.567. The largest absolute Gasteiger partial charge is 0.488 e. The van der Waals surface area contributed by atoms with Crippen LogP contribution in [0.3, 0.4) is 0 Å². The van der Waals surface area contributed by atoms with Crippen LogP contribution < -0.4 is 15.4 Å². The molecule has 5 unspecified atom stereocenters. The summed E-state index contributed by atoms with van der Waals surface area (Å²) in [5, 5.41) is 6.83. The fourth-order valence-corrected chi connectivity index (χ4v) is 6.52. The zero-order valence-electron chi connectivity index (χ0n) is 22.6. The second-order valence-electron chi connectivity index (χ2n) is 9.55. The van der Waals surface area contributed by atoms with Crippen molar-refractivity contribution in [3.05, 3.63) is 47.0 Å². The number of nitrogens with zero attached hydrogens (tertiary/aromatic N) is 1. The summed E-state index contributed by atoms with van der Waals surface area (Å²) in [6, 6.07) is 2.32. The molecule has 10 heteroatoms. The van der Waals surface area contributed by atoms with Crippen molar-refractivity contribution in [2.75, 3.05) is 19.8 Å². The van der Waals surface area contributed by atoms with Crippen LogP contribution in [0.25, 0.3) is 5.70 Å². The van der Waals surface area contributed by atoms with Crippen LogP contribution in [0.1, 0.15) is 57.6 Å². The molecular weight excluding hydrogens is 525 g/mol. The molecule has 208 valence electrons. The Labute approximate surface area is 232 Å². The van der Waals surface area contributed by atoms with Gasteiger partial charge in [0.15, 0.2) is 5.52 Å². The zero-order chi connectivity index (χ0) is 27.8. The first-order chi connectivity index (χ1) is 18.2. The number of nitrogens with one attached hydrogen (secondary N) is 2. The van der Waals surface area contributed by atoms with Gasteiger partial charge < -0.3 is 25.0 Å². The molecule has 0 radical (unpaired) electrons. The Morgan fingerprint density at radius 2 is 2.11 bits per heavy atom. The third kappa shape index (κ3) is 7.37. The molecule has 8 nitrogen and oxygen atoms in total. The third-order valence-corrected chi connectivity index (χ3v) is 8.28. The molecule has 2 aliphatic heterocycles. The number of amides is 2. The van der Waals surface area contributed by atoms with Crippen LogP contribution in [-0.4, -0.2) is 66.0 Å². The van der Waals surface area contributed by atoms with Gasteiger partial charge in [-0.05, 0) is 71.9 Å². The highest BCUT2D eigenvalue weighted by atomic mass is 35.5. The lowest BCUT2D eigenvalue weighted by atomic mass is 10.1. The van der Waals surface area contributed by atoms with Gasteiger partial charge in [0.1, 0.15) is 30.3 Å². The lowest BCUT2D eigenvalue weighted by Gasteiger charge is -2.29. The van der Waals surface area contributed by atoms with Gasteiger partial charge in [0, 0.05) is 25.3 Å². The van der Waals surface area contributed by atoms with Crippen LogP contribution in [-0.2, 0) is 19.1 Å². The van der Waals surface area contributed by atoms with E-state index in [9.17, 15) is 14.4 Å². The highest BCUT2D eigenvalue weighted by Crippen LogP contribution is 2.36. The molecule has 5 atom stereocenters. The van der Waals surface area contributed by atoms with E-state index in [1.54, 1.807) is 17.9 Å². The predicted molar refractivity (Wildman–Crippen MR) is 153 cm³/mol. The number of hydrogen-bond acceptors (Lipinski definition) is 6.